The van der Waals surface area contributed by atoms with Crippen molar-refractivity contribution < 1.29 is 4.79 Å². The summed E-state index contributed by atoms with van der Waals surface area (Å²) in [6, 6.07) is 5.16. The van der Waals surface area contributed by atoms with Gasteiger partial charge in [0.15, 0.2) is 5.03 Å². The Morgan fingerprint density at radius 1 is 1.43 bits per heavy atom. The third-order valence-corrected chi connectivity index (χ3v) is 3.69. The van der Waals surface area contributed by atoms with Crippen LogP contribution in [0.25, 0.3) is 0 Å². The molecule has 0 saturated heterocycles. The first-order valence-electron chi connectivity index (χ1n) is 5.83. The van der Waals surface area contributed by atoms with Crippen LogP contribution in [0.15, 0.2) is 32.8 Å². The predicted octanol–water partition coefficient (Wildman–Crippen LogP) is 1.15. The number of amides is 1. The summed E-state index contributed by atoms with van der Waals surface area (Å²) >= 11 is 6.79. The molecule has 21 heavy (non-hydrogen) atoms. The topological polar surface area (TPSA) is 108 Å². The lowest BCUT2D eigenvalue weighted by molar-refractivity contribution is -0.113. The Labute approximate surface area is 128 Å². The van der Waals surface area contributed by atoms with E-state index in [0.29, 0.717) is 10.7 Å². The summed E-state index contributed by atoms with van der Waals surface area (Å²) in [5.41, 5.74) is 0.160. The number of hydrogen-bond acceptors (Lipinski definition) is 5. The standard InChI is InChI=1S/C12H11ClN4O3S/c1-6-2-3-7(13)4-8(6)14-9(18)5-21-11-10(19)15-12(20)17-16-11/h2-4H,5H2,1H3,(H,14,18)(H2,15,17,19,20). The van der Waals surface area contributed by atoms with E-state index in [1.807, 2.05) is 11.9 Å². The molecule has 1 aromatic carbocycles. The van der Waals surface area contributed by atoms with Crippen molar-refractivity contribution in [2.45, 2.75) is 11.9 Å². The number of aromatic amines is 2. The zero-order valence-corrected chi connectivity index (χ0v) is 12.5. The molecular weight excluding hydrogens is 316 g/mol. The number of aromatic nitrogens is 3. The van der Waals surface area contributed by atoms with Crippen molar-refractivity contribution in [1.29, 1.82) is 0 Å². The lowest BCUT2D eigenvalue weighted by atomic mass is 10.2. The van der Waals surface area contributed by atoms with Crippen LogP contribution in [0.5, 0.6) is 0 Å². The fraction of sp³-hybridized carbons (Fsp3) is 0.167. The molecule has 2 aromatic rings. The number of carbonyl (C=O) groups is 1. The van der Waals surface area contributed by atoms with Gasteiger partial charge in [0.25, 0.3) is 5.56 Å². The van der Waals surface area contributed by atoms with Gasteiger partial charge in [0, 0.05) is 10.7 Å². The summed E-state index contributed by atoms with van der Waals surface area (Å²) in [4.78, 5) is 36.1. The Balaban J connectivity index is 2.00. The zero-order chi connectivity index (χ0) is 15.4. The summed E-state index contributed by atoms with van der Waals surface area (Å²) in [6.07, 6.45) is 0. The minimum Gasteiger partial charge on any atom is -0.325 e. The molecule has 0 aliphatic heterocycles. The molecule has 0 saturated carbocycles. The van der Waals surface area contributed by atoms with E-state index in [0.717, 1.165) is 17.3 Å². The van der Waals surface area contributed by atoms with Crippen LogP contribution >= 0.6 is 23.4 Å². The average Bonchev–Trinajstić information content (AvgIpc) is 2.42. The maximum atomic E-state index is 11.8. The molecule has 110 valence electrons. The fourth-order valence-electron chi connectivity index (χ4n) is 1.48. The fourth-order valence-corrected chi connectivity index (χ4v) is 2.29. The number of nitrogens with zero attached hydrogens (tertiary/aromatic N) is 1. The van der Waals surface area contributed by atoms with Gasteiger partial charge < -0.3 is 5.32 Å². The highest BCUT2D eigenvalue weighted by Gasteiger charge is 2.09. The molecule has 9 heteroatoms. The van der Waals surface area contributed by atoms with E-state index >= 15 is 0 Å². The monoisotopic (exact) mass is 326 g/mol. The molecular formula is C12H11ClN4O3S. The Kier molecular flexibility index (Phi) is 4.81. The van der Waals surface area contributed by atoms with E-state index in [9.17, 15) is 14.4 Å². The van der Waals surface area contributed by atoms with Crippen LogP contribution in [-0.2, 0) is 4.79 Å². The van der Waals surface area contributed by atoms with E-state index in [-0.39, 0.29) is 16.7 Å². The summed E-state index contributed by atoms with van der Waals surface area (Å²) in [5.74, 6) is -0.327. The SMILES string of the molecule is Cc1ccc(Cl)cc1NC(=O)CSc1n[nH]c(=O)[nH]c1=O. The number of H-pyrrole nitrogens is 2. The Hall–Kier alpha value is -2.06. The van der Waals surface area contributed by atoms with Crippen LogP contribution < -0.4 is 16.6 Å². The molecule has 1 heterocycles. The molecule has 1 aromatic heterocycles. The number of rotatable bonds is 4. The van der Waals surface area contributed by atoms with Gasteiger partial charge in [0.2, 0.25) is 5.91 Å². The summed E-state index contributed by atoms with van der Waals surface area (Å²) in [6.45, 7) is 1.84. The summed E-state index contributed by atoms with van der Waals surface area (Å²) in [7, 11) is 0. The number of nitrogens with one attached hydrogen (secondary N) is 3. The number of aryl methyl sites for hydroxylation is 1. The molecule has 7 nitrogen and oxygen atoms in total. The van der Waals surface area contributed by atoms with E-state index in [1.165, 1.54) is 0 Å². The molecule has 0 atom stereocenters. The molecule has 0 radical (unpaired) electrons. The minimum absolute atomic E-state index is 0.0198. The molecule has 0 aliphatic rings. The van der Waals surface area contributed by atoms with Gasteiger partial charge >= 0.3 is 5.69 Å². The van der Waals surface area contributed by atoms with E-state index < -0.39 is 11.2 Å². The molecule has 2 rings (SSSR count). The van der Waals surface area contributed by atoms with Crippen LogP contribution in [0.1, 0.15) is 5.56 Å². The number of hydrogen-bond donors (Lipinski definition) is 3. The maximum absolute atomic E-state index is 11.8. The number of halogens is 1. The highest BCUT2D eigenvalue weighted by molar-refractivity contribution is 7.99. The second-order valence-corrected chi connectivity index (χ2v) is 5.51. The molecule has 0 aliphatic carbocycles. The lowest BCUT2D eigenvalue weighted by Crippen LogP contribution is -2.25. The third-order valence-electron chi connectivity index (χ3n) is 2.49. The van der Waals surface area contributed by atoms with Gasteiger partial charge in [0.05, 0.1) is 5.75 Å². The van der Waals surface area contributed by atoms with Crippen LogP contribution in [0.4, 0.5) is 5.69 Å². The summed E-state index contributed by atoms with van der Waals surface area (Å²) < 4.78 is 0. The maximum Gasteiger partial charge on any atom is 0.342 e. The van der Waals surface area contributed by atoms with Crippen molar-refractivity contribution in [2.75, 3.05) is 11.1 Å². The third kappa shape index (κ3) is 4.20. The van der Waals surface area contributed by atoms with Crippen molar-refractivity contribution in [2.24, 2.45) is 0 Å². The van der Waals surface area contributed by atoms with Gasteiger partial charge in [0.1, 0.15) is 0 Å². The number of thioether (sulfide) groups is 1. The van der Waals surface area contributed by atoms with E-state index in [2.05, 4.69) is 15.5 Å². The molecule has 3 N–H and O–H groups in total. The quantitative estimate of drug-likeness (QED) is 0.730. The van der Waals surface area contributed by atoms with Crippen molar-refractivity contribution in [3.8, 4) is 0 Å². The van der Waals surface area contributed by atoms with Crippen molar-refractivity contribution in [3.63, 3.8) is 0 Å². The van der Waals surface area contributed by atoms with Crippen LogP contribution in [-0.4, -0.2) is 26.8 Å². The molecule has 0 unspecified atom stereocenters. The first-order valence-corrected chi connectivity index (χ1v) is 7.20. The average molecular weight is 327 g/mol. The normalized spacial score (nSPS) is 10.4. The number of anilines is 1. The van der Waals surface area contributed by atoms with Crippen LogP contribution in [0.2, 0.25) is 5.02 Å². The Morgan fingerprint density at radius 2 is 2.19 bits per heavy atom. The van der Waals surface area contributed by atoms with Crippen molar-refractivity contribution in [3.05, 3.63) is 49.6 Å². The second-order valence-electron chi connectivity index (χ2n) is 4.11. The zero-order valence-electron chi connectivity index (χ0n) is 10.9. The van der Waals surface area contributed by atoms with Crippen LogP contribution in [0, 0.1) is 6.92 Å². The minimum atomic E-state index is -0.691. The van der Waals surface area contributed by atoms with Gasteiger partial charge in [-0.3, -0.25) is 14.6 Å². The number of benzene rings is 1. The summed E-state index contributed by atoms with van der Waals surface area (Å²) in [5, 5.41) is 8.90. The van der Waals surface area contributed by atoms with Gasteiger partial charge in [-0.05, 0) is 24.6 Å². The predicted molar refractivity (Wildman–Crippen MR) is 81.0 cm³/mol. The first-order chi connectivity index (χ1) is 9.95. The second kappa shape index (κ2) is 6.59. The highest BCUT2D eigenvalue weighted by atomic mass is 35.5. The van der Waals surface area contributed by atoms with Gasteiger partial charge in [-0.1, -0.05) is 29.4 Å². The van der Waals surface area contributed by atoms with Gasteiger partial charge in [-0.15, -0.1) is 0 Å². The first kappa shape index (κ1) is 15.3. The lowest BCUT2D eigenvalue weighted by Gasteiger charge is -2.08. The van der Waals surface area contributed by atoms with E-state index in [4.69, 9.17) is 11.6 Å². The van der Waals surface area contributed by atoms with Crippen molar-refractivity contribution in [1.82, 2.24) is 15.2 Å². The largest absolute Gasteiger partial charge is 0.342 e. The smallest absolute Gasteiger partial charge is 0.325 e. The van der Waals surface area contributed by atoms with E-state index in [1.54, 1.807) is 18.2 Å². The highest BCUT2D eigenvalue weighted by Crippen LogP contribution is 2.20. The van der Waals surface area contributed by atoms with Gasteiger partial charge in [-0.25, -0.2) is 9.89 Å². The Bertz CT molecular complexity index is 787. The molecule has 0 spiro atoms. The Morgan fingerprint density at radius 3 is 2.90 bits per heavy atom. The van der Waals surface area contributed by atoms with Gasteiger partial charge in [-0.2, -0.15) is 5.10 Å². The number of carbonyl (C=O) groups excluding carboxylic acids is 1. The molecule has 0 bridgehead atoms. The molecule has 1 amide bonds. The van der Waals surface area contributed by atoms with Crippen LogP contribution in [0.3, 0.4) is 0 Å². The van der Waals surface area contributed by atoms with Crippen molar-refractivity contribution >= 4 is 35.0 Å². The molecule has 0 fully saturated rings.